The SMILES string of the molecule is C.C.CC#N.CCN(CC)CC.CCc1cc(=O)oc2[nH]c(=O)[nH]c(=O)c12.CCc1cc(=O)oc2c1c(=O)[nH]c(=O)n2COC.COCBr. The predicted octanol–water partition coefficient (Wildman–Crippen LogP) is 3.68. The standard InChI is InChI=1S/C11H12N2O5.C9H8N2O4.C6H15N.C2H5BrO.C2H3N.2CH4/c1-3-6-4-7(14)18-10-8(6)9(15)12-11(16)13(10)5-17-2;1-2-4-3-5(12)15-8-6(4)7(13)10-9(14)11-8;1-4-7(5-2)6-3;1-4-2-3;1-2-3;;/h4H,3,5H2,1-2H3,(H,12,15,16);3H,2H2,1H3,(H2,10,11,13,14);4-6H2,1-3H3;2H2,1H3;1H3;2*1H4. The summed E-state index contributed by atoms with van der Waals surface area (Å²) in [4.78, 5) is 77.2. The van der Waals surface area contributed by atoms with E-state index in [0.29, 0.717) is 29.5 Å². The number of rotatable bonds is 8. The van der Waals surface area contributed by atoms with Gasteiger partial charge in [-0.3, -0.25) is 24.5 Å². The van der Waals surface area contributed by atoms with Crippen molar-refractivity contribution in [3.63, 3.8) is 0 Å². The lowest BCUT2D eigenvalue weighted by Gasteiger charge is -2.13. The molecule has 0 aliphatic carbocycles. The summed E-state index contributed by atoms with van der Waals surface area (Å²) in [7, 11) is 3.03. The van der Waals surface area contributed by atoms with Crippen molar-refractivity contribution in [3.05, 3.63) is 85.8 Å². The fourth-order valence-corrected chi connectivity index (χ4v) is 3.93. The van der Waals surface area contributed by atoms with Crippen LogP contribution in [0.25, 0.3) is 22.2 Å². The van der Waals surface area contributed by atoms with Crippen LogP contribution in [0, 0.1) is 11.3 Å². The maximum Gasteiger partial charge on any atom is 0.337 e. The number of ether oxygens (including phenoxy) is 2. The molecule has 0 atom stereocenters. The average molecular weight is 760 g/mol. The first-order valence-electron chi connectivity index (χ1n) is 14.5. The number of aromatic amines is 3. The molecule has 3 N–H and O–H groups in total. The van der Waals surface area contributed by atoms with Gasteiger partial charge in [-0.15, -0.1) is 0 Å². The Morgan fingerprint density at radius 3 is 1.65 bits per heavy atom. The quantitative estimate of drug-likeness (QED) is 0.219. The van der Waals surface area contributed by atoms with E-state index in [9.17, 15) is 28.8 Å². The molecule has 0 unspecified atom stereocenters. The number of halogens is 1. The molecular weight excluding hydrogens is 708 g/mol. The van der Waals surface area contributed by atoms with E-state index in [0.717, 1.165) is 4.57 Å². The topological polar surface area (TPSA) is 226 Å². The van der Waals surface area contributed by atoms with Crippen LogP contribution in [0.2, 0.25) is 0 Å². The molecule has 0 aromatic carbocycles. The highest BCUT2D eigenvalue weighted by atomic mass is 79.9. The molecule has 0 radical (unpaired) electrons. The summed E-state index contributed by atoms with van der Waals surface area (Å²) < 4.78 is 20.1. The summed E-state index contributed by atoms with van der Waals surface area (Å²) in [5, 5.41) is 7.74. The molecule has 0 saturated heterocycles. The molecule has 49 heavy (non-hydrogen) atoms. The molecule has 4 rings (SSSR count). The van der Waals surface area contributed by atoms with Crippen LogP contribution in [0.5, 0.6) is 0 Å². The minimum absolute atomic E-state index is 0. The van der Waals surface area contributed by atoms with Gasteiger partial charge in [-0.1, -0.05) is 65.4 Å². The number of methoxy groups -OCH3 is 2. The van der Waals surface area contributed by atoms with Gasteiger partial charge in [0.25, 0.3) is 11.1 Å². The molecule has 16 nitrogen and oxygen atoms in total. The third-order valence-corrected chi connectivity index (χ3v) is 6.61. The zero-order chi connectivity index (χ0) is 36.1. The molecule has 276 valence electrons. The number of nitriles is 1. The Balaban J connectivity index is -0.000000615. The van der Waals surface area contributed by atoms with Crippen LogP contribution < -0.4 is 33.7 Å². The van der Waals surface area contributed by atoms with Crippen LogP contribution in [-0.4, -0.2) is 63.8 Å². The van der Waals surface area contributed by atoms with E-state index in [1.807, 2.05) is 0 Å². The average Bonchev–Trinajstić information content (AvgIpc) is 3.03. The zero-order valence-electron chi connectivity index (χ0n) is 27.9. The van der Waals surface area contributed by atoms with Crippen LogP contribution in [0.15, 0.2) is 49.7 Å². The maximum atomic E-state index is 11.8. The second-order valence-corrected chi connectivity index (χ2v) is 9.48. The number of alkyl halides is 1. The van der Waals surface area contributed by atoms with E-state index in [-0.39, 0.29) is 43.8 Å². The van der Waals surface area contributed by atoms with E-state index in [1.165, 1.54) is 45.8 Å². The Morgan fingerprint density at radius 1 is 0.796 bits per heavy atom. The van der Waals surface area contributed by atoms with Gasteiger partial charge in [0.1, 0.15) is 23.0 Å². The molecule has 0 spiro atoms. The highest BCUT2D eigenvalue weighted by molar-refractivity contribution is 9.09. The number of fused-ring (bicyclic) bond motifs is 2. The van der Waals surface area contributed by atoms with Gasteiger partial charge >= 0.3 is 22.6 Å². The van der Waals surface area contributed by atoms with Crippen LogP contribution in [0.4, 0.5) is 0 Å². The van der Waals surface area contributed by atoms with Gasteiger partial charge < -0.3 is 23.2 Å². The Bertz CT molecular complexity index is 1920. The zero-order valence-corrected chi connectivity index (χ0v) is 29.5. The first-order valence-corrected chi connectivity index (χ1v) is 15.7. The van der Waals surface area contributed by atoms with Crippen molar-refractivity contribution in [2.24, 2.45) is 0 Å². The summed E-state index contributed by atoms with van der Waals surface area (Å²) in [5.74, 6) is 0. The van der Waals surface area contributed by atoms with Crippen LogP contribution in [0.1, 0.15) is 67.5 Å². The summed E-state index contributed by atoms with van der Waals surface area (Å²) in [6.45, 7) is 15.1. The summed E-state index contributed by atoms with van der Waals surface area (Å²) in [5.41, 5.74) is -2.08. The summed E-state index contributed by atoms with van der Waals surface area (Å²) in [6.07, 6.45) is 0.994. The number of hydrogen-bond acceptors (Lipinski definition) is 12. The molecule has 4 heterocycles. The number of hydrogen-bond donors (Lipinski definition) is 3. The Hall–Kier alpha value is -4.37. The summed E-state index contributed by atoms with van der Waals surface area (Å²) in [6, 6.07) is 4.25. The molecule has 4 aromatic heterocycles. The minimum atomic E-state index is -0.691. The lowest BCUT2D eigenvalue weighted by Crippen LogP contribution is -2.32. The van der Waals surface area contributed by atoms with E-state index in [4.69, 9.17) is 18.8 Å². The fourth-order valence-electron chi connectivity index (χ4n) is 3.93. The van der Waals surface area contributed by atoms with E-state index in [2.05, 4.69) is 61.3 Å². The van der Waals surface area contributed by atoms with Gasteiger partial charge in [0, 0.05) is 33.3 Å². The van der Waals surface area contributed by atoms with Crippen LogP contribution in [-0.2, 0) is 29.0 Å². The predicted molar refractivity (Wildman–Crippen MR) is 196 cm³/mol. The van der Waals surface area contributed by atoms with Crippen LogP contribution >= 0.6 is 15.9 Å². The van der Waals surface area contributed by atoms with Crippen LogP contribution in [0.3, 0.4) is 0 Å². The van der Waals surface area contributed by atoms with E-state index >= 15 is 0 Å². The van der Waals surface area contributed by atoms with Crippen molar-refractivity contribution in [1.29, 1.82) is 5.26 Å². The van der Waals surface area contributed by atoms with Crippen molar-refractivity contribution in [3.8, 4) is 6.07 Å². The van der Waals surface area contributed by atoms with E-state index < -0.39 is 33.7 Å². The van der Waals surface area contributed by atoms with Gasteiger partial charge in [0.15, 0.2) is 0 Å². The lowest BCUT2D eigenvalue weighted by atomic mass is 10.1. The van der Waals surface area contributed by atoms with Gasteiger partial charge in [-0.05, 0) is 43.6 Å². The molecule has 0 bridgehead atoms. The smallest absolute Gasteiger partial charge is 0.337 e. The monoisotopic (exact) mass is 758 g/mol. The van der Waals surface area contributed by atoms with E-state index in [1.54, 1.807) is 27.0 Å². The molecule has 17 heteroatoms. The molecule has 0 aliphatic rings. The number of nitrogens with zero attached hydrogens (tertiary/aromatic N) is 3. The largest absolute Gasteiger partial charge is 0.405 e. The van der Waals surface area contributed by atoms with Gasteiger partial charge in [0.2, 0.25) is 11.4 Å². The molecule has 0 aliphatic heterocycles. The fraction of sp³-hybridized carbons (Fsp3) is 0.531. The first kappa shape index (κ1) is 49.0. The first-order chi connectivity index (χ1) is 22.4. The Labute approximate surface area is 292 Å². The number of aryl methyl sites for hydroxylation is 2. The second kappa shape index (κ2) is 26.6. The van der Waals surface area contributed by atoms with Crippen molar-refractivity contribution in [2.45, 2.75) is 76.0 Å². The molecular formula is C32H51BrN6O10. The third kappa shape index (κ3) is 15.6. The minimum Gasteiger partial charge on any atom is -0.405 e. The third-order valence-electron chi connectivity index (χ3n) is 6.16. The number of H-pyrrole nitrogens is 3. The van der Waals surface area contributed by atoms with Gasteiger partial charge in [-0.25, -0.2) is 23.7 Å². The van der Waals surface area contributed by atoms with Crippen molar-refractivity contribution in [1.82, 2.24) is 24.4 Å². The maximum absolute atomic E-state index is 11.8. The molecule has 4 aromatic rings. The highest BCUT2D eigenvalue weighted by Crippen LogP contribution is 2.11. The molecule has 0 saturated carbocycles. The lowest BCUT2D eigenvalue weighted by molar-refractivity contribution is 0.127. The number of nitrogens with one attached hydrogen (secondary N) is 3. The van der Waals surface area contributed by atoms with Crippen molar-refractivity contribution >= 4 is 38.1 Å². The normalized spacial score (nSPS) is 9.57. The Morgan fingerprint density at radius 2 is 1.24 bits per heavy atom. The van der Waals surface area contributed by atoms with Crippen molar-refractivity contribution < 1.29 is 18.3 Å². The molecule has 0 amide bonds. The Kier molecular flexibility index (Phi) is 26.6. The van der Waals surface area contributed by atoms with Gasteiger partial charge in [-0.2, -0.15) is 5.26 Å². The summed E-state index contributed by atoms with van der Waals surface area (Å²) >= 11 is 3.03. The highest BCUT2D eigenvalue weighted by Gasteiger charge is 2.14. The van der Waals surface area contributed by atoms with Crippen molar-refractivity contribution in [2.75, 3.05) is 39.4 Å². The second-order valence-electron chi connectivity index (χ2n) is 9.03. The number of aromatic nitrogens is 4. The molecule has 0 fully saturated rings. The van der Waals surface area contributed by atoms with Gasteiger partial charge in [0.05, 0.1) is 6.07 Å².